The monoisotopic (exact) mass is 414 g/mol. The summed E-state index contributed by atoms with van der Waals surface area (Å²) >= 11 is 3.40. The summed E-state index contributed by atoms with van der Waals surface area (Å²) < 4.78 is 7.10. The molecule has 2 aliphatic rings. The number of nitrogens with zero attached hydrogens (tertiary/aromatic N) is 1. The van der Waals surface area contributed by atoms with E-state index in [2.05, 4.69) is 21.2 Å². The molecular formula is C20H19BrN2O3. The maximum absolute atomic E-state index is 12.6. The molecule has 2 aromatic carbocycles. The van der Waals surface area contributed by atoms with Crippen molar-refractivity contribution in [2.24, 2.45) is 0 Å². The number of para-hydroxylation sites is 1. The fourth-order valence-electron chi connectivity index (χ4n) is 3.59. The van der Waals surface area contributed by atoms with E-state index in [4.69, 9.17) is 4.74 Å². The lowest BCUT2D eigenvalue weighted by Crippen LogP contribution is -2.53. The van der Waals surface area contributed by atoms with E-state index < -0.39 is 5.60 Å². The van der Waals surface area contributed by atoms with Gasteiger partial charge < -0.3 is 15.0 Å². The molecule has 2 heterocycles. The van der Waals surface area contributed by atoms with Gasteiger partial charge in [-0.05, 0) is 30.3 Å². The van der Waals surface area contributed by atoms with Gasteiger partial charge in [-0.1, -0.05) is 34.1 Å². The molecule has 0 unspecified atom stereocenters. The third-order valence-corrected chi connectivity index (χ3v) is 5.53. The van der Waals surface area contributed by atoms with Gasteiger partial charge in [-0.15, -0.1) is 0 Å². The highest BCUT2D eigenvalue weighted by Crippen LogP contribution is 2.40. The first-order chi connectivity index (χ1) is 12.5. The molecule has 0 aliphatic carbocycles. The minimum Gasteiger partial charge on any atom is -0.486 e. The van der Waals surface area contributed by atoms with E-state index in [9.17, 15) is 9.59 Å². The number of hydrogen-bond donors (Lipinski definition) is 1. The highest BCUT2D eigenvalue weighted by molar-refractivity contribution is 9.10. The Bertz CT molecular complexity index is 845. The number of rotatable bonds is 1. The average molecular weight is 415 g/mol. The third kappa shape index (κ3) is 3.33. The second-order valence-electron chi connectivity index (χ2n) is 6.81. The average Bonchev–Trinajstić information content (AvgIpc) is 2.64. The number of halogens is 1. The number of carbonyl (C=O) groups excluding carboxylic acids is 2. The number of carbonyl (C=O) groups is 2. The molecule has 0 aromatic heterocycles. The molecule has 0 atom stereocenters. The van der Waals surface area contributed by atoms with Crippen molar-refractivity contribution in [3.63, 3.8) is 0 Å². The third-order valence-electron chi connectivity index (χ3n) is 5.04. The van der Waals surface area contributed by atoms with Crippen molar-refractivity contribution in [3.05, 3.63) is 58.6 Å². The maximum atomic E-state index is 12.6. The zero-order valence-electron chi connectivity index (χ0n) is 14.2. The van der Waals surface area contributed by atoms with Gasteiger partial charge in [-0.25, -0.2) is 4.79 Å². The smallest absolute Gasteiger partial charge is 0.321 e. The molecule has 5 nitrogen and oxygen atoms in total. The number of Topliss-reactive ketones (excluding diaryl/α,β-unsaturated/α-hetero) is 1. The summed E-state index contributed by atoms with van der Waals surface area (Å²) in [6.07, 6.45) is 1.66. The highest BCUT2D eigenvalue weighted by Gasteiger charge is 2.43. The van der Waals surface area contributed by atoms with Gasteiger partial charge in [0.05, 0.1) is 12.0 Å². The van der Waals surface area contributed by atoms with E-state index in [0.29, 0.717) is 43.7 Å². The Labute approximate surface area is 160 Å². The first-order valence-electron chi connectivity index (χ1n) is 8.67. The van der Waals surface area contributed by atoms with Gasteiger partial charge >= 0.3 is 6.03 Å². The highest BCUT2D eigenvalue weighted by atomic mass is 79.9. The van der Waals surface area contributed by atoms with Crippen molar-refractivity contribution >= 4 is 33.4 Å². The first kappa shape index (κ1) is 17.1. The van der Waals surface area contributed by atoms with E-state index >= 15 is 0 Å². The predicted octanol–water partition coefficient (Wildman–Crippen LogP) is 4.48. The molecule has 0 radical (unpaired) electrons. The lowest BCUT2D eigenvalue weighted by Gasteiger charge is -2.43. The van der Waals surface area contributed by atoms with Gasteiger partial charge in [-0.2, -0.15) is 0 Å². The molecule has 0 bridgehead atoms. The summed E-state index contributed by atoms with van der Waals surface area (Å²) in [7, 11) is 0. The molecule has 2 amide bonds. The van der Waals surface area contributed by atoms with E-state index in [-0.39, 0.29) is 11.8 Å². The molecule has 134 valence electrons. The molecule has 26 heavy (non-hydrogen) atoms. The number of nitrogens with one attached hydrogen (secondary N) is 1. The van der Waals surface area contributed by atoms with Crippen molar-refractivity contribution < 1.29 is 14.3 Å². The second kappa shape index (κ2) is 6.76. The zero-order valence-corrected chi connectivity index (χ0v) is 15.8. The Hall–Kier alpha value is -2.34. The van der Waals surface area contributed by atoms with E-state index in [0.717, 1.165) is 10.2 Å². The fourth-order valence-corrected chi connectivity index (χ4v) is 3.95. The summed E-state index contributed by atoms with van der Waals surface area (Å²) in [5.74, 6) is 0.751. The fraction of sp³-hybridized carbons (Fsp3) is 0.300. The molecule has 1 fully saturated rings. The van der Waals surface area contributed by atoms with Crippen LogP contribution in [0.2, 0.25) is 0 Å². The van der Waals surface area contributed by atoms with Gasteiger partial charge in [0.1, 0.15) is 11.4 Å². The number of amides is 2. The summed E-state index contributed by atoms with van der Waals surface area (Å²) in [4.78, 5) is 26.8. The van der Waals surface area contributed by atoms with Crippen LogP contribution in [-0.2, 0) is 0 Å². The number of anilines is 1. The van der Waals surface area contributed by atoms with Gasteiger partial charge in [-0.3, -0.25) is 4.79 Å². The standard InChI is InChI=1S/C20H19BrN2O3/c21-14-6-7-18-16(12-14)17(24)13-20(26-18)8-10-23(11-9-20)19(25)22-15-4-2-1-3-5-15/h1-7,12H,8-11,13H2,(H,22,25). The maximum Gasteiger partial charge on any atom is 0.321 e. The van der Waals surface area contributed by atoms with Crippen LogP contribution in [0.25, 0.3) is 0 Å². The minimum absolute atomic E-state index is 0.106. The van der Waals surface area contributed by atoms with Crippen molar-refractivity contribution in [3.8, 4) is 5.75 Å². The molecule has 6 heteroatoms. The predicted molar refractivity (Wildman–Crippen MR) is 103 cm³/mol. The normalized spacial score (nSPS) is 18.2. The summed E-state index contributed by atoms with van der Waals surface area (Å²) in [6.45, 7) is 1.13. The van der Waals surface area contributed by atoms with Crippen molar-refractivity contribution in [1.29, 1.82) is 0 Å². The Morgan fingerprint density at radius 2 is 1.85 bits per heavy atom. The van der Waals surface area contributed by atoms with Crippen molar-refractivity contribution in [2.75, 3.05) is 18.4 Å². The molecule has 2 aliphatic heterocycles. The van der Waals surface area contributed by atoms with Crippen LogP contribution in [0.5, 0.6) is 5.75 Å². The number of likely N-dealkylation sites (tertiary alicyclic amines) is 1. The summed E-state index contributed by atoms with van der Waals surface area (Å²) in [5.41, 5.74) is 0.914. The summed E-state index contributed by atoms with van der Waals surface area (Å²) in [5, 5.41) is 2.91. The Kier molecular flexibility index (Phi) is 4.44. The zero-order chi connectivity index (χ0) is 18.1. The number of benzene rings is 2. The summed E-state index contributed by atoms with van der Waals surface area (Å²) in [6, 6.07) is 14.8. The molecule has 1 N–H and O–H groups in total. The van der Waals surface area contributed by atoms with Gasteiger partial charge in [0, 0.05) is 36.1 Å². The van der Waals surface area contributed by atoms with Crippen LogP contribution in [0.3, 0.4) is 0 Å². The Balaban J connectivity index is 1.42. The van der Waals surface area contributed by atoms with E-state index in [1.807, 2.05) is 48.5 Å². The topological polar surface area (TPSA) is 58.6 Å². The lowest BCUT2D eigenvalue weighted by atomic mass is 9.82. The SMILES string of the molecule is O=C1CC2(CCN(C(=O)Nc3ccccc3)CC2)Oc2ccc(Br)cc21. The molecule has 1 spiro atoms. The van der Waals surface area contributed by atoms with E-state index in [1.54, 1.807) is 4.90 Å². The molecule has 1 saturated heterocycles. The number of ketones is 1. The van der Waals surface area contributed by atoms with Crippen molar-refractivity contribution in [2.45, 2.75) is 24.9 Å². The van der Waals surface area contributed by atoms with Gasteiger partial charge in [0.2, 0.25) is 0 Å². The van der Waals surface area contributed by atoms with Crippen LogP contribution >= 0.6 is 15.9 Å². The Morgan fingerprint density at radius 3 is 2.58 bits per heavy atom. The Morgan fingerprint density at radius 1 is 1.12 bits per heavy atom. The number of fused-ring (bicyclic) bond motifs is 1. The molecule has 4 rings (SSSR count). The molecule has 0 saturated carbocycles. The number of ether oxygens (including phenoxy) is 1. The van der Waals surface area contributed by atoms with Crippen LogP contribution < -0.4 is 10.1 Å². The number of piperidine rings is 1. The van der Waals surface area contributed by atoms with E-state index in [1.165, 1.54) is 0 Å². The number of hydrogen-bond acceptors (Lipinski definition) is 3. The molecule has 2 aromatic rings. The number of urea groups is 1. The largest absolute Gasteiger partial charge is 0.486 e. The van der Waals surface area contributed by atoms with Crippen LogP contribution in [0, 0.1) is 0 Å². The van der Waals surface area contributed by atoms with Gasteiger partial charge in [0.15, 0.2) is 5.78 Å². The minimum atomic E-state index is -0.499. The van der Waals surface area contributed by atoms with Crippen LogP contribution in [0.1, 0.15) is 29.6 Å². The van der Waals surface area contributed by atoms with Crippen LogP contribution in [-0.4, -0.2) is 35.4 Å². The first-order valence-corrected chi connectivity index (χ1v) is 9.47. The van der Waals surface area contributed by atoms with Crippen molar-refractivity contribution in [1.82, 2.24) is 4.90 Å². The second-order valence-corrected chi connectivity index (χ2v) is 7.72. The molecular weight excluding hydrogens is 396 g/mol. The van der Waals surface area contributed by atoms with Crippen LogP contribution in [0.4, 0.5) is 10.5 Å². The quantitative estimate of drug-likeness (QED) is 0.747. The van der Waals surface area contributed by atoms with Crippen LogP contribution in [0.15, 0.2) is 53.0 Å². The lowest BCUT2D eigenvalue weighted by molar-refractivity contribution is 0.000370. The van der Waals surface area contributed by atoms with Gasteiger partial charge in [0.25, 0.3) is 0 Å².